The molecule has 2 atom stereocenters. The lowest BCUT2D eigenvalue weighted by Crippen LogP contribution is -2.58. The summed E-state index contributed by atoms with van der Waals surface area (Å²) in [5.41, 5.74) is 1.50. The van der Waals surface area contributed by atoms with Gasteiger partial charge in [-0.15, -0.1) is 11.3 Å². The molecule has 2 aromatic rings. The van der Waals surface area contributed by atoms with Crippen LogP contribution in [-0.2, 0) is 51.2 Å². The summed E-state index contributed by atoms with van der Waals surface area (Å²) in [5.74, 6) is -7.17. The molecule has 1 aromatic heterocycles. The van der Waals surface area contributed by atoms with Gasteiger partial charge in [0, 0.05) is 17.8 Å². The number of Topliss-reactive ketones (excluding diaryl/α,β-unsaturated/α-hetero) is 1. The van der Waals surface area contributed by atoms with E-state index >= 15 is 0 Å². The summed E-state index contributed by atoms with van der Waals surface area (Å²) in [6.45, 7) is 7.17. The molecule has 1 aromatic carbocycles. The Morgan fingerprint density at radius 2 is 1.58 bits per heavy atom. The summed E-state index contributed by atoms with van der Waals surface area (Å²) in [7, 11) is 1.19. The number of benzene rings is 1. The zero-order valence-electron chi connectivity index (χ0n) is 29.7. The fourth-order valence-electron chi connectivity index (χ4n) is 5.50. The number of carbonyl (C=O) groups is 6. The van der Waals surface area contributed by atoms with Crippen LogP contribution in [0.2, 0.25) is 0 Å². The fourth-order valence-corrected chi connectivity index (χ4v) is 6.21. The lowest BCUT2D eigenvalue weighted by atomic mass is 9.99. The number of carbonyl (C=O) groups excluding carboxylic acids is 6. The standard InChI is InChI=1S/C34H43F3N6O8S/c1-7-51-26(46)13-12-24(44)40-33-38-23(17-52-33)29(42-50-6)31(48)41-28(19(4)5)32(49)43(22-14-20-10-8-9-11-21(20)15-22)16-25(45)39-27(18(2)3)30(47)34(35,36)37/h8-11,17-19,22,27-28H,7,12-16H2,1-6H3,(H,39,45)(H,41,48)(H,38,40,44)/b42-29+. The Labute approximate surface area is 302 Å². The summed E-state index contributed by atoms with van der Waals surface area (Å²) >= 11 is 0.969. The van der Waals surface area contributed by atoms with Crippen LogP contribution in [0.1, 0.15) is 64.3 Å². The number of nitrogens with zero attached hydrogens (tertiary/aromatic N) is 3. The molecule has 18 heteroatoms. The Kier molecular flexibility index (Phi) is 14.8. The van der Waals surface area contributed by atoms with Crippen LogP contribution in [0.4, 0.5) is 18.3 Å². The van der Waals surface area contributed by atoms with Gasteiger partial charge in [0.2, 0.25) is 17.7 Å². The lowest BCUT2D eigenvalue weighted by molar-refractivity contribution is -0.175. The van der Waals surface area contributed by atoms with Crippen molar-refractivity contribution < 1.29 is 51.5 Å². The van der Waals surface area contributed by atoms with Gasteiger partial charge in [-0.1, -0.05) is 57.1 Å². The predicted octanol–water partition coefficient (Wildman–Crippen LogP) is 3.18. The van der Waals surface area contributed by atoms with Crippen LogP contribution in [0.3, 0.4) is 0 Å². The molecule has 0 saturated carbocycles. The first-order valence-corrected chi connectivity index (χ1v) is 17.5. The minimum Gasteiger partial charge on any atom is -0.466 e. The number of nitrogens with one attached hydrogen (secondary N) is 3. The van der Waals surface area contributed by atoms with E-state index in [0.717, 1.165) is 22.5 Å². The average Bonchev–Trinajstić information content (AvgIpc) is 3.72. The SMILES string of the molecule is CCOC(=O)CCC(=O)Nc1nc(/C(=N\OC)C(=O)NC(C(=O)N(CC(=O)NC(C(=O)C(F)(F)F)C(C)C)C2Cc3ccccc3C2)C(C)C)cs1. The molecule has 3 N–H and O–H groups in total. The molecule has 0 radical (unpaired) electrons. The summed E-state index contributed by atoms with van der Waals surface area (Å²) in [5, 5.41) is 12.6. The number of hydrogen-bond donors (Lipinski definition) is 3. The Morgan fingerprint density at radius 3 is 2.12 bits per heavy atom. The van der Waals surface area contributed by atoms with E-state index in [4.69, 9.17) is 9.57 Å². The van der Waals surface area contributed by atoms with Crippen molar-refractivity contribution in [2.24, 2.45) is 17.0 Å². The van der Waals surface area contributed by atoms with Crippen molar-refractivity contribution >= 4 is 57.6 Å². The quantitative estimate of drug-likeness (QED) is 0.124. The molecular formula is C34H43F3N6O8S. The largest absolute Gasteiger partial charge is 0.466 e. The molecule has 52 heavy (non-hydrogen) atoms. The molecule has 0 bridgehead atoms. The Balaban J connectivity index is 1.84. The second kappa shape index (κ2) is 18.6. The zero-order chi connectivity index (χ0) is 38.7. The molecule has 1 aliphatic rings. The predicted molar refractivity (Wildman–Crippen MR) is 184 cm³/mol. The third-order valence-electron chi connectivity index (χ3n) is 8.08. The first-order valence-electron chi connectivity index (χ1n) is 16.6. The molecule has 2 unspecified atom stereocenters. The van der Waals surface area contributed by atoms with Crippen LogP contribution in [0.25, 0.3) is 0 Å². The van der Waals surface area contributed by atoms with E-state index in [1.165, 1.54) is 31.2 Å². The van der Waals surface area contributed by atoms with E-state index in [1.54, 1.807) is 20.8 Å². The highest BCUT2D eigenvalue weighted by Gasteiger charge is 2.45. The van der Waals surface area contributed by atoms with Gasteiger partial charge in [-0.2, -0.15) is 13.2 Å². The van der Waals surface area contributed by atoms with E-state index in [9.17, 15) is 41.9 Å². The number of amides is 4. The summed E-state index contributed by atoms with van der Waals surface area (Å²) in [4.78, 5) is 87.6. The zero-order valence-corrected chi connectivity index (χ0v) is 30.5. The van der Waals surface area contributed by atoms with Crippen LogP contribution >= 0.6 is 11.3 Å². The molecule has 0 aliphatic heterocycles. The van der Waals surface area contributed by atoms with Gasteiger partial charge in [0.05, 0.1) is 25.6 Å². The second-order valence-corrected chi connectivity index (χ2v) is 13.5. The number of ether oxygens (including phenoxy) is 1. The van der Waals surface area contributed by atoms with Gasteiger partial charge in [-0.05, 0) is 42.7 Å². The molecule has 4 amide bonds. The number of ketones is 1. The normalized spacial score (nSPS) is 14.3. The van der Waals surface area contributed by atoms with E-state index in [-0.39, 0.29) is 36.0 Å². The molecule has 284 valence electrons. The van der Waals surface area contributed by atoms with Crippen molar-refractivity contribution in [1.82, 2.24) is 20.5 Å². The molecule has 14 nitrogen and oxygen atoms in total. The number of hydrogen-bond acceptors (Lipinski definition) is 11. The third kappa shape index (κ3) is 11.3. The lowest BCUT2D eigenvalue weighted by Gasteiger charge is -2.34. The molecule has 0 saturated heterocycles. The number of esters is 1. The number of rotatable bonds is 17. The minimum absolute atomic E-state index is 0.00321. The summed E-state index contributed by atoms with van der Waals surface area (Å²) in [6.07, 6.45) is -4.81. The Bertz CT molecular complexity index is 1640. The van der Waals surface area contributed by atoms with Crippen molar-refractivity contribution in [3.63, 3.8) is 0 Å². The second-order valence-electron chi connectivity index (χ2n) is 12.7. The molecule has 1 aliphatic carbocycles. The van der Waals surface area contributed by atoms with Gasteiger partial charge < -0.3 is 30.4 Å². The molecule has 3 rings (SSSR count). The van der Waals surface area contributed by atoms with E-state index in [1.807, 2.05) is 24.3 Å². The smallest absolute Gasteiger partial charge is 0.452 e. The van der Waals surface area contributed by atoms with Gasteiger partial charge in [-0.25, -0.2) is 4.98 Å². The van der Waals surface area contributed by atoms with E-state index < -0.39 is 78.1 Å². The van der Waals surface area contributed by atoms with Gasteiger partial charge in [0.25, 0.3) is 11.7 Å². The molecule has 1 heterocycles. The average molecular weight is 753 g/mol. The van der Waals surface area contributed by atoms with Crippen molar-refractivity contribution in [2.75, 3.05) is 25.6 Å². The summed E-state index contributed by atoms with van der Waals surface area (Å²) in [6, 6.07) is 3.66. The summed E-state index contributed by atoms with van der Waals surface area (Å²) < 4.78 is 44.8. The van der Waals surface area contributed by atoms with Gasteiger partial charge >= 0.3 is 12.1 Å². The topological polar surface area (TPSA) is 185 Å². The number of aromatic nitrogens is 1. The van der Waals surface area contributed by atoms with Crippen molar-refractivity contribution in [2.45, 2.75) is 84.6 Å². The van der Waals surface area contributed by atoms with E-state index in [2.05, 4.69) is 26.1 Å². The van der Waals surface area contributed by atoms with E-state index in [0.29, 0.717) is 12.8 Å². The number of alkyl halides is 3. The minimum atomic E-state index is -5.19. The number of halogens is 3. The number of anilines is 1. The maximum absolute atomic E-state index is 14.3. The maximum Gasteiger partial charge on any atom is 0.452 e. The third-order valence-corrected chi connectivity index (χ3v) is 8.84. The first kappa shape index (κ1) is 41.5. The molecule has 0 spiro atoms. The maximum atomic E-state index is 14.3. The highest BCUT2D eigenvalue weighted by atomic mass is 32.1. The van der Waals surface area contributed by atoms with Crippen LogP contribution in [0.5, 0.6) is 0 Å². The molecular weight excluding hydrogens is 709 g/mol. The number of fused-ring (bicyclic) bond motifs is 1. The van der Waals surface area contributed by atoms with Crippen LogP contribution in [0.15, 0.2) is 34.8 Å². The van der Waals surface area contributed by atoms with Crippen LogP contribution in [0, 0.1) is 11.8 Å². The van der Waals surface area contributed by atoms with Crippen LogP contribution < -0.4 is 16.0 Å². The highest BCUT2D eigenvalue weighted by molar-refractivity contribution is 7.14. The Hall–Kier alpha value is -4.87. The van der Waals surface area contributed by atoms with Crippen molar-refractivity contribution in [3.05, 3.63) is 46.5 Å². The monoisotopic (exact) mass is 752 g/mol. The van der Waals surface area contributed by atoms with Gasteiger partial charge in [-0.3, -0.25) is 28.8 Å². The fraction of sp³-hybridized carbons (Fsp3) is 0.529. The van der Waals surface area contributed by atoms with Crippen molar-refractivity contribution in [1.29, 1.82) is 0 Å². The van der Waals surface area contributed by atoms with Crippen molar-refractivity contribution in [3.8, 4) is 0 Å². The molecule has 0 fully saturated rings. The number of thiazole rings is 1. The van der Waals surface area contributed by atoms with Gasteiger partial charge in [0.15, 0.2) is 10.8 Å². The Morgan fingerprint density at radius 1 is 0.962 bits per heavy atom. The highest BCUT2D eigenvalue weighted by Crippen LogP contribution is 2.27. The first-order chi connectivity index (χ1) is 24.5. The van der Waals surface area contributed by atoms with Gasteiger partial charge in [0.1, 0.15) is 18.8 Å². The van der Waals surface area contributed by atoms with Crippen LogP contribution in [-0.4, -0.2) is 95.5 Å². The number of oxime groups is 1.